The molecule has 0 fully saturated rings. The van der Waals surface area contributed by atoms with Gasteiger partial charge in [-0.2, -0.15) is 4.98 Å². The molecule has 3 rings (SSSR count). The fraction of sp³-hybridized carbons (Fsp3) is 0.368. The van der Waals surface area contributed by atoms with Crippen molar-refractivity contribution in [1.29, 1.82) is 0 Å². The number of carbonyl (C=O) groups is 1. The van der Waals surface area contributed by atoms with Crippen LogP contribution in [-0.4, -0.2) is 44.2 Å². The average Bonchev–Trinajstić information content (AvgIpc) is 3.34. The van der Waals surface area contributed by atoms with Crippen LogP contribution in [0.5, 0.6) is 0 Å². The molecule has 1 aliphatic heterocycles. The van der Waals surface area contributed by atoms with E-state index in [1.165, 1.54) is 17.3 Å². The van der Waals surface area contributed by atoms with Gasteiger partial charge in [-0.3, -0.25) is 10.1 Å². The van der Waals surface area contributed by atoms with Gasteiger partial charge in [-0.05, 0) is 23.8 Å². The zero-order valence-electron chi connectivity index (χ0n) is 15.7. The highest BCUT2D eigenvalue weighted by Crippen LogP contribution is 2.34. The summed E-state index contributed by atoms with van der Waals surface area (Å²) in [6.45, 7) is 10.3. The highest BCUT2D eigenvalue weighted by atomic mass is 32.2. The van der Waals surface area contributed by atoms with Crippen molar-refractivity contribution >= 4 is 40.4 Å². The van der Waals surface area contributed by atoms with Gasteiger partial charge in [0.1, 0.15) is 11.5 Å². The second-order valence-corrected chi connectivity index (χ2v) is 8.36. The van der Waals surface area contributed by atoms with E-state index in [1.807, 2.05) is 6.08 Å². The second-order valence-electron chi connectivity index (χ2n) is 6.09. The lowest BCUT2D eigenvalue weighted by Gasteiger charge is -2.19. The number of anilines is 1. The molecule has 0 saturated carbocycles. The molecule has 1 aromatic rings. The topological polar surface area (TPSA) is 92.3 Å². The maximum atomic E-state index is 12.5. The number of nitrogens with zero attached hydrogens (tertiary/aromatic N) is 3. The average molecular weight is 418 g/mol. The van der Waals surface area contributed by atoms with Gasteiger partial charge < -0.3 is 4.74 Å². The van der Waals surface area contributed by atoms with E-state index in [0.29, 0.717) is 10.9 Å². The van der Waals surface area contributed by atoms with Crippen LogP contribution in [0.1, 0.15) is 19.8 Å². The first-order chi connectivity index (χ1) is 13.6. The fourth-order valence-electron chi connectivity index (χ4n) is 2.82. The van der Waals surface area contributed by atoms with Crippen molar-refractivity contribution in [3.8, 4) is 0 Å². The zero-order chi connectivity index (χ0) is 19.9. The van der Waals surface area contributed by atoms with E-state index < -0.39 is 5.91 Å². The lowest BCUT2D eigenvalue weighted by atomic mass is 9.93. The van der Waals surface area contributed by atoms with Gasteiger partial charge in [-0.25, -0.2) is 10.1 Å². The summed E-state index contributed by atoms with van der Waals surface area (Å²) in [5.74, 6) is 2.55. The van der Waals surface area contributed by atoms with Crippen LogP contribution in [0, 0.1) is 5.92 Å². The normalized spacial score (nSPS) is 18.6. The molecule has 28 heavy (non-hydrogen) atoms. The number of hydrogen-bond donors (Lipinski definition) is 2. The molecule has 2 N–H and O–H groups in total. The van der Waals surface area contributed by atoms with E-state index in [4.69, 9.17) is 4.74 Å². The Bertz CT molecular complexity index is 856. The first-order valence-corrected chi connectivity index (χ1v) is 11.0. The van der Waals surface area contributed by atoms with Crippen molar-refractivity contribution in [2.75, 3.05) is 23.4 Å². The number of rotatable bonds is 8. The van der Waals surface area contributed by atoms with Gasteiger partial charge in [0, 0.05) is 18.1 Å². The number of H-pyrrole nitrogens is 1. The van der Waals surface area contributed by atoms with E-state index >= 15 is 0 Å². The van der Waals surface area contributed by atoms with Crippen LogP contribution in [0.25, 0.3) is 0 Å². The minimum absolute atomic E-state index is 0.141. The molecular weight excluding hydrogens is 394 g/mol. The van der Waals surface area contributed by atoms with Crippen molar-refractivity contribution in [3.05, 3.63) is 48.4 Å². The Hall–Kier alpha value is -2.26. The van der Waals surface area contributed by atoms with E-state index in [1.54, 1.807) is 17.8 Å². The number of hydrogen-bond acceptors (Lipinski definition) is 7. The molecule has 1 atom stereocenters. The Morgan fingerprint density at radius 2 is 2.43 bits per heavy atom. The molecule has 9 heteroatoms. The Kier molecular flexibility index (Phi) is 7.16. The van der Waals surface area contributed by atoms with Crippen LogP contribution in [0.2, 0.25) is 0 Å². The molecule has 2 heterocycles. The molecule has 0 radical (unpaired) electrons. The SMILES string of the molecule is C=CCSc1n[nH]c(NC(=O)C(=C)N=C(SCC)C2C=CC3=C(CCO3)C2)n1. The molecule has 0 aromatic carbocycles. The van der Waals surface area contributed by atoms with E-state index in [2.05, 4.69) is 51.6 Å². The van der Waals surface area contributed by atoms with Crippen LogP contribution in [0.4, 0.5) is 5.95 Å². The minimum atomic E-state index is -0.408. The summed E-state index contributed by atoms with van der Waals surface area (Å²) in [4.78, 5) is 21.2. The second kappa shape index (κ2) is 9.79. The number of aromatic nitrogens is 3. The number of allylic oxidation sites excluding steroid dienone is 2. The van der Waals surface area contributed by atoms with Crippen LogP contribution in [0.15, 0.2) is 58.6 Å². The summed E-state index contributed by atoms with van der Waals surface area (Å²) < 4.78 is 5.60. The molecule has 7 nitrogen and oxygen atoms in total. The third kappa shape index (κ3) is 5.17. The molecule has 148 valence electrons. The van der Waals surface area contributed by atoms with Crippen molar-refractivity contribution in [2.24, 2.45) is 10.9 Å². The summed E-state index contributed by atoms with van der Waals surface area (Å²) in [6.07, 6.45) is 7.70. The smallest absolute Gasteiger partial charge is 0.276 e. The monoisotopic (exact) mass is 417 g/mol. The van der Waals surface area contributed by atoms with E-state index in [0.717, 1.165) is 36.0 Å². The van der Waals surface area contributed by atoms with Gasteiger partial charge in [-0.1, -0.05) is 37.4 Å². The molecule has 2 aliphatic rings. The predicted octanol–water partition coefficient (Wildman–Crippen LogP) is 3.94. The summed E-state index contributed by atoms with van der Waals surface area (Å²) >= 11 is 3.05. The lowest BCUT2D eigenvalue weighted by molar-refractivity contribution is -0.112. The van der Waals surface area contributed by atoms with Gasteiger partial charge in [-0.15, -0.1) is 23.4 Å². The summed E-state index contributed by atoms with van der Waals surface area (Å²) in [5.41, 5.74) is 1.46. The molecule has 1 unspecified atom stereocenters. The lowest BCUT2D eigenvalue weighted by Crippen LogP contribution is -2.18. The number of amides is 1. The zero-order valence-corrected chi connectivity index (χ0v) is 17.4. The molecular formula is C19H23N5O2S2. The van der Waals surface area contributed by atoms with Gasteiger partial charge in [0.25, 0.3) is 5.91 Å². The molecule has 1 aromatic heterocycles. The van der Waals surface area contributed by atoms with Gasteiger partial charge in [0.2, 0.25) is 11.1 Å². The Labute approximate surface area is 172 Å². The van der Waals surface area contributed by atoms with Crippen LogP contribution >= 0.6 is 23.5 Å². The third-order valence-corrected chi connectivity index (χ3v) is 5.92. The standard InChI is InChI=1S/C19H23N5O2S2/c1-4-10-28-19-22-18(23-24-19)21-16(25)12(3)20-17(27-5-2)14-6-7-15-13(11-14)8-9-26-15/h4,6-7,14H,1,3,5,8-11H2,2H3,(H2,21,22,23,24,25). The molecule has 1 amide bonds. The van der Waals surface area contributed by atoms with Crippen molar-refractivity contribution in [1.82, 2.24) is 15.2 Å². The quantitative estimate of drug-likeness (QED) is 0.219. The maximum absolute atomic E-state index is 12.5. The van der Waals surface area contributed by atoms with Crippen LogP contribution in [-0.2, 0) is 9.53 Å². The van der Waals surface area contributed by atoms with Gasteiger partial charge in [0.05, 0.1) is 11.7 Å². The maximum Gasteiger partial charge on any atom is 0.276 e. The van der Waals surface area contributed by atoms with E-state index in [-0.39, 0.29) is 17.6 Å². The Morgan fingerprint density at radius 1 is 1.57 bits per heavy atom. The summed E-state index contributed by atoms with van der Waals surface area (Å²) in [7, 11) is 0. The number of thioether (sulfide) groups is 2. The third-order valence-electron chi connectivity index (χ3n) is 4.10. The number of ether oxygens (including phenoxy) is 1. The van der Waals surface area contributed by atoms with Crippen molar-refractivity contribution < 1.29 is 9.53 Å². The largest absolute Gasteiger partial charge is 0.493 e. The summed E-state index contributed by atoms with van der Waals surface area (Å²) in [6, 6.07) is 0. The number of aromatic amines is 1. The predicted molar refractivity (Wildman–Crippen MR) is 115 cm³/mol. The van der Waals surface area contributed by atoms with E-state index in [9.17, 15) is 4.79 Å². The van der Waals surface area contributed by atoms with Gasteiger partial charge >= 0.3 is 0 Å². The fourth-order valence-corrected chi connectivity index (χ4v) is 4.20. The van der Waals surface area contributed by atoms with Crippen LogP contribution in [0.3, 0.4) is 0 Å². The number of nitrogens with one attached hydrogen (secondary N) is 2. The first kappa shape index (κ1) is 20.5. The number of aliphatic imine (C=N–C) groups is 1. The minimum Gasteiger partial charge on any atom is -0.493 e. The molecule has 1 aliphatic carbocycles. The molecule has 0 saturated heterocycles. The molecule has 0 spiro atoms. The molecule has 0 bridgehead atoms. The van der Waals surface area contributed by atoms with Crippen molar-refractivity contribution in [2.45, 2.75) is 24.9 Å². The van der Waals surface area contributed by atoms with Crippen molar-refractivity contribution in [3.63, 3.8) is 0 Å². The number of carbonyl (C=O) groups excluding carboxylic acids is 1. The van der Waals surface area contributed by atoms with Gasteiger partial charge in [0.15, 0.2) is 0 Å². The first-order valence-electron chi connectivity index (χ1n) is 9.01. The highest BCUT2D eigenvalue weighted by molar-refractivity contribution is 8.14. The summed E-state index contributed by atoms with van der Waals surface area (Å²) in [5, 5.41) is 10.8. The Balaban J connectivity index is 1.64. The van der Waals surface area contributed by atoms with Crippen LogP contribution < -0.4 is 5.32 Å². The Morgan fingerprint density at radius 3 is 3.21 bits per heavy atom. The highest BCUT2D eigenvalue weighted by Gasteiger charge is 2.25.